The number of rotatable bonds is 4. The second-order valence-corrected chi connectivity index (χ2v) is 5.37. The summed E-state index contributed by atoms with van der Waals surface area (Å²) in [4.78, 5) is 24.2. The first-order chi connectivity index (χ1) is 11.4. The molecule has 122 valence electrons. The highest BCUT2D eigenvalue weighted by atomic mass is 19.1. The van der Waals surface area contributed by atoms with Gasteiger partial charge in [-0.15, -0.1) is 0 Å². The van der Waals surface area contributed by atoms with Crippen molar-refractivity contribution >= 4 is 17.3 Å². The van der Waals surface area contributed by atoms with Crippen LogP contribution in [0.4, 0.5) is 8.78 Å². The number of aliphatic hydroxyl groups is 1. The number of carbonyl (C=O) groups is 2. The van der Waals surface area contributed by atoms with E-state index in [1.807, 2.05) is 0 Å². The maximum atomic E-state index is 12.9. The molecule has 1 aliphatic rings. The molecule has 6 heteroatoms. The van der Waals surface area contributed by atoms with E-state index in [4.69, 9.17) is 4.74 Å². The number of carbonyl (C=O) groups excluding carboxylic acids is 2. The van der Waals surface area contributed by atoms with Crippen molar-refractivity contribution in [2.24, 2.45) is 0 Å². The predicted molar refractivity (Wildman–Crippen MR) is 80.8 cm³/mol. The second-order valence-electron chi connectivity index (χ2n) is 5.37. The minimum absolute atomic E-state index is 0.0504. The van der Waals surface area contributed by atoms with Gasteiger partial charge in [0.05, 0.1) is 6.42 Å². The summed E-state index contributed by atoms with van der Waals surface area (Å²) >= 11 is 0. The summed E-state index contributed by atoms with van der Waals surface area (Å²) in [6, 6.07) is 9.89. The Balaban J connectivity index is 1.77. The van der Waals surface area contributed by atoms with Crippen molar-refractivity contribution in [3.8, 4) is 0 Å². The molecule has 0 unspecified atom stereocenters. The standard InChI is InChI=1S/C18H12F2O4/c19-13-5-1-11(2-6-13)15(21)10-18(23)17(22)9-16(24-18)12-3-7-14(20)8-4-12/h1-9,23H,10H2/t18-/m1/s1. The fraction of sp³-hybridized carbons (Fsp3) is 0.111. The molecule has 0 fully saturated rings. The van der Waals surface area contributed by atoms with Crippen LogP contribution in [0.15, 0.2) is 54.6 Å². The number of hydrogen-bond donors (Lipinski definition) is 1. The Hall–Kier alpha value is -2.86. The van der Waals surface area contributed by atoms with Crippen LogP contribution in [0.5, 0.6) is 0 Å². The van der Waals surface area contributed by atoms with Gasteiger partial charge < -0.3 is 9.84 Å². The Kier molecular flexibility index (Phi) is 3.99. The van der Waals surface area contributed by atoms with Crippen molar-refractivity contribution in [2.75, 3.05) is 0 Å². The molecule has 2 aromatic rings. The third kappa shape index (κ3) is 3.09. The van der Waals surface area contributed by atoms with E-state index in [9.17, 15) is 23.5 Å². The summed E-state index contributed by atoms with van der Waals surface area (Å²) in [6.45, 7) is 0. The summed E-state index contributed by atoms with van der Waals surface area (Å²) < 4.78 is 31.1. The molecule has 0 saturated carbocycles. The van der Waals surface area contributed by atoms with Crippen molar-refractivity contribution in [1.82, 2.24) is 0 Å². The van der Waals surface area contributed by atoms with Crippen LogP contribution in [-0.2, 0) is 9.53 Å². The van der Waals surface area contributed by atoms with Gasteiger partial charge in [0.1, 0.15) is 17.4 Å². The molecule has 4 nitrogen and oxygen atoms in total. The van der Waals surface area contributed by atoms with Gasteiger partial charge in [-0.05, 0) is 48.5 Å². The first kappa shape index (κ1) is 16.0. The molecule has 0 spiro atoms. The quantitative estimate of drug-likeness (QED) is 0.876. The van der Waals surface area contributed by atoms with E-state index in [1.54, 1.807) is 0 Å². The summed E-state index contributed by atoms with van der Waals surface area (Å²) in [5.74, 6) is -4.58. The molecule has 0 saturated heterocycles. The summed E-state index contributed by atoms with van der Waals surface area (Å²) in [7, 11) is 0. The molecular formula is C18H12F2O4. The van der Waals surface area contributed by atoms with Gasteiger partial charge >= 0.3 is 0 Å². The zero-order valence-corrected chi connectivity index (χ0v) is 12.3. The molecule has 1 N–H and O–H groups in total. The average Bonchev–Trinajstić information content (AvgIpc) is 2.83. The topological polar surface area (TPSA) is 63.6 Å². The van der Waals surface area contributed by atoms with Gasteiger partial charge in [0.25, 0.3) is 5.79 Å². The zero-order chi connectivity index (χ0) is 17.3. The number of ketones is 2. The average molecular weight is 330 g/mol. The normalized spacial score (nSPS) is 19.8. The Morgan fingerprint density at radius 1 is 1.00 bits per heavy atom. The molecule has 0 aliphatic carbocycles. The summed E-state index contributed by atoms with van der Waals surface area (Å²) in [6.07, 6.45) is 0.448. The van der Waals surface area contributed by atoms with Crippen LogP contribution in [0, 0.1) is 11.6 Å². The van der Waals surface area contributed by atoms with E-state index in [-0.39, 0.29) is 11.3 Å². The van der Waals surface area contributed by atoms with Crippen molar-refractivity contribution in [2.45, 2.75) is 12.2 Å². The molecule has 0 aromatic heterocycles. The van der Waals surface area contributed by atoms with Gasteiger partial charge in [0.15, 0.2) is 5.78 Å². The highest BCUT2D eigenvalue weighted by Gasteiger charge is 2.45. The minimum atomic E-state index is -2.32. The Bertz CT molecular complexity index is 825. The number of benzene rings is 2. The smallest absolute Gasteiger partial charge is 0.279 e. The van der Waals surface area contributed by atoms with Crippen LogP contribution in [0.25, 0.3) is 5.76 Å². The fourth-order valence-corrected chi connectivity index (χ4v) is 2.33. The summed E-state index contributed by atoms with van der Waals surface area (Å²) in [5, 5.41) is 10.3. The van der Waals surface area contributed by atoms with Gasteiger partial charge in [-0.2, -0.15) is 0 Å². The van der Waals surface area contributed by atoms with Crippen LogP contribution >= 0.6 is 0 Å². The molecule has 0 amide bonds. The lowest BCUT2D eigenvalue weighted by Crippen LogP contribution is -2.38. The number of Topliss-reactive ketones (excluding diaryl/α,β-unsaturated/α-hetero) is 1. The van der Waals surface area contributed by atoms with E-state index in [0.717, 1.165) is 18.2 Å². The van der Waals surface area contributed by atoms with Crippen LogP contribution in [0.3, 0.4) is 0 Å². The van der Waals surface area contributed by atoms with E-state index in [2.05, 4.69) is 0 Å². The lowest BCUT2D eigenvalue weighted by Gasteiger charge is -2.21. The minimum Gasteiger partial charge on any atom is -0.453 e. The molecular weight excluding hydrogens is 318 g/mol. The van der Waals surface area contributed by atoms with E-state index < -0.39 is 35.4 Å². The third-order valence-electron chi connectivity index (χ3n) is 3.62. The predicted octanol–water partition coefficient (Wildman–Crippen LogP) is 2.87. The van der Waals surface area contributed by atoms with Crippen LogP contribution < -0.4 is 0 Å². The van der Waals surface area contributed by atoms with Crippen molar-refractivity contribution in [1.29, 1.82) is 0 Å². The van der Waals surface area contributed by atoms with Crippen molar-refractivity contribution in [3.05, 3.63) is 77.4 Å². The van der Waals surface area contributed by atoms with Gasteiger partial charge in [0.2, 0.25) is 5.78 Å². The molecule has 1 atom stereocenters. The van der Waals surface area contributed by atoms with Crippen LogP contribution in [0.2, 0.25) is 0 Å². The van der Waals surface area contributed by atoms with E-state index in [1.165, 1.54) is 36.4 Å². The second kappa shape index (κ2) is 5.98. The maximum absolute atomic E-state index is 12.9. The Morgan fingerprint density at radius 3 is 2.12 bits per heavy atom. The third-order valence-corrected chi connectivity index (χ3v) is 3.62. The Labute approximate surface area is 136 Å². The molecule has 2 aromatic carbocycles. The summed E-state index contributed by atoms with van der Waals surface area (Å²) in [5.41, 5.74) is 0.548. The highest BCUT2D eigenvalue weighted by Crippen LogP contribution is 2.33. The molecule has 0 bridgehead atoms. The van der Waals surface area contributed by atoms with E-state index >= 15 is 0 Å². The molecule has 24 heavy (non-hydrogen) atoms. The monoisotopic (exact) mass is 330 g/mol. The number of halogens is 2. The first-order valence-electron chi connectivity index (χ1n) is 7.10. The number of hydrogen-bond acceptors (Lipinski definition) is 4. The van der Waals surface area contributed by atoms with Crippen LogP contribution in [-0.4, -0.2) is 22.5 Å². The van der Waals surface area contributed by atoms with Gasteiger partial charge in [-0.3, -0.25) is 9.59 Å². The van der Waals surface area contributed by atoms with E-state index in [0.29, 0.717) is 5.56 Å². The SMILES string of the molecule is O=C(C[C@@]1(O)OC(c2ccc(F)cc2)=CC1=O)c1ccc(F)cc1. The molecule has 1 aliphatic heterocycles. The first-order valence-corrected chi connectivity index (χ1v) is 7.10. The maximum Gasteiger partial charge on any atom is 0.279 e. The largest absolute Gasteiger partial charge is 0.453 e. The molecule has 3 rings (SSSR count). The van der Waals surface area contributed by atoms with Crippen LogP contribution in [0.1, 0.15) is 22.3 Å². The van der Waals surface area contributed by atoms with Crippen molar-refractivity contribution < 1.29 is 28.2 Å². The lowest BCUT2D eigenvalue weighted by atomic mass is 10.0. The fourth-order valence-electron chi connectivity index (χ4n) is 2.33. The van der Waals surface area contributed by atoms with Gasteiger partial charge in [0, 0.05) is 17.2 Å². The highest BCUT2D eigenvalue weighted by molar-refractivity contribution is 6.08. The Morgan fingerprint density at radius 2 is 1.54 bits per heavy atom. The lowest BCUT2D eigenvalue weighted by molar-refractivity contribution is -0.167. The zero-order valence-electron chi connectivity index (χ0n) is 12.3. The molecule has 0 radical (unpaired) electrons. The molecule has 1 heterocycles. The van der Waals surface area contributed by atoms with Gasteiger partial charge in [-0.1, -0.05) is 0 Å². The van der Waals surface area contributed by atoms with Gasteiger partial charge in [-0.25, -0.2) is 8.78 Å². The van der Waals surface area contributed by atoms with Crippen molar-refractivity contribution in [3.63, 3.8) is 0 Å². The number of ether oxygens (including phenoxy) is 1.